The van der Waals surface area contributed by atoms with Crippen LogP contribution in [0.1, 0.15) is 22.8 Å². The lowest BCUT2D eigenvalue weighted by molar-refractivity contribution is -0.116. The fraction of sp³-hybridized carbons (Fsp3) is 0.105. The average Bonchev–Trinajstić information content (AvgIpc) is 2.99. The maximum Gasteiger partial charge on any atom is 0.225 e. The van der Waals surface area contributed by atoms with Crippen LogP contribution in [-0.4, -0.2) is 5.91 Å². The van der Waals surface area contributed by atoms with Crippen LogP contribution in [0.15, 0.2) is 66.0 Å². The Labute approximate surface area is 133 Å². The zero-order valence-corrected chi connectivity index (χ0v) is 12.8. The molecule has 1 aliphatic heterocycles. The first kappa shape index (κ1) is 13.3. The van der Waals surface area contributed by atoms with Gasteiger partial charge in [-0.3, -0.25) is 4.79 Å². The zero-order valence-electron chi connectivity index (χ0n) is 12.0. The predicted molar refractivity (Wildman–Crippen MR) is 91.3 cm³/mol. The van der Waals surface area contributed by atoms with Crippen LogP contribution in [0.3, 0.4) is 0 Å². The average molecular weight is 305 g/mol. The zero-order chi connectivity index (χ0) is 14.9. The Balaban J connectivity index is 1.83. The van der Waals surface area contributed by atoms with E-state index in [2.05, 4.69) is 35.0 Å². The molecule has 1 aliphatic rings. The van der Waals surface area contributed by atoms with Gasteiger partial charge in [-0.25, -0.2) is 0 Å². The second-order valence-electron chi connectivity index (χ2n) is 5.47. The van der Waals surface area contributed by atoms with Crippen LogP contribution in [0.4, 0.5) is 5.69 Å². The molecule has 108 valence electrons. The van der Waals surface area contributed by atoms with Gasteiger partial charge >= 0.3 is 0 Å². The van der Waals surface area contributed by atoms with E-state index in [-0.39, 0.29) is 11.8 Å². The summed E-state index contributed by atoms with van der Waals surface area (Å²) in [5.74, 6) is 0.254. The Morgan fingerprint density at radius 3 is 2.36 bits per heavy atom. The molecule has 0 fully saturated rings. The van der Waals surface area contributed by atoms with Crippen LogP contribution in [0.5, 0.6) is 0 Å². The number of carbonyl (C=O) groups is 1. The molecule has 4 rings (SSSR count). The van der Waals surface area contributed by atoms with Crippen molar-refractivity contribution in [2.45, 2.75) is 12.3 Å². The summed E-state index contributed by atoms with van der Waals surface area (Å²) in [4.78, 5) is 13.4. The molecule has 3 aromatic rings. The number of anilines is 1. The van der Waals surface area contributed by atoms with E-state index in [1.165, 1.54) is 10.4 Å². The lowest BCUT2D eigenvalue weighted by Crippen LogP contribution is -2.22. The fourth-order valence-electron chi connectivity index (χ4n) is 3.01. The van der Waals surface area contributed by atoms with Gasteiger partial charge in [0.15, 0.2) is 0 Å². The maximum absolute atomic E-state index is 12.2. The summed E-state index contributed by atoms with van der Waals surface area (Å²) >= 11 is 1.74. The van der Waals surface area contributed by atoms with Crippen molar-refractivity contribution in [1.82, 2.24) is 0 Å². The highest BCUT2D eigenvalue weighted by atomic mass is 32.1. The van der Waals surface area contributed by atoms with Gasteiger partial charge in [-0.2, -0.15) is 0 Å². The number of hydrogen-bond acceptors (Lipinski definition) is 2. The first-order valence-corrected chi connectivity index (χ1v) is 8.22. The number of fused-ring (bicyclic) bond motifs is 1. The van der Waals surface area contributed by atoms with Gasteiger partial charge in [-0.15, -0.1) is 11.3 Å². The van der Waals surface area contributed by atoms with Crippen LogP contribution in [0.2, 0.25) is 0 Å². The molecule has 3 heteroatoms. The van der Waals surface area contributed by atoms with Crippen LogP contribution < -0.4 is 5.32 Å². The van der Waals surface area contributed by atoms with E-state index in [0.717, 1.165) is 16.8 Å². The minimum atomic E-state index is 0.0944. The summed E-state index contributed by atoms with van der Waals surface area (Å²) in [6, 6.07) is 20.5. The number of hydrogen-bond donors (Lipinski definition) is 1. The molecule has 2 heterocycles. The summed E-state index contributed by atoms with van der Waals surface area (Å²) in [5, 5.41) is 5.23. The molecule has 2 nitrogen and oxygen atoms in total. The summed E-state index contributed by atoms with van der Waals surface area (Å²) in [7, 11) is 0. The van der Waals surface area contributed by atoms with E-state index < -0.39 is 0 Å². The Hall–Kier alpha value is -2.39. The van der Waals surface area contributed by atoms with Gasteiger partial charge in [0, 0.05) is 28.2 Å². The molecule has 22 heavy (non-hydrogen) atoms. The molecular weight excluding hydrogens is 290 g/mol. The molecule has 2 aromatic carbocycles. The van der Waals surface area contributed by atoms with Crippen molar-refractivity contribution in [3.63, 3.8) is 0 Å². The number of carbonyl (C=O) groups excluding carboxylic acids is 1. The molecule has 0 spiro atoms. The highest BCUT2D eigenvalue weighted by Gasteiger charge is 2.30. The minimum Gasteiger partial charge on any atom is -0.325 e. The van der Waals surface area contributed by atoms with Crippen molar-refractivity contribution in [3.05, 3.63) is 76.5 Å². The standard InChI is InChI=1S/C19H15NOS/c21-17-11-15(13-7-3-1-4-8-13)19-18(20-17)16(12-22-19)14-9-5-2-6-10-14/h1-10,12,15H,11H2,(H,20,21)/t15-/m0/s1. The Kier molecular flexibility index (Phi) is 3.28. The third-order valence-electron chi connectivity index (χ3n) is 4.08. The number of thiophene rings is 1. The molecule has 1 amide bonds. The lowest BCUT2D eigenvalue weighted by Gasteiger charge is -2.23. The quantitative estimate of drug-likeness (QED) is 0.717. The highest BCUT2D eigenvalue weighted by molar-refractivity contribution is 7.11. The van der Waals surface area contributed by atoms with Gasteiger partial charge in [-0.05, 0) is 11.1 Å². The largest absolute Gasteiger partial charge is 0.325 e. The van der Waals surface area contributed by atoms with Gasteiger partial charge in [0.05, 0.1) is 5.69 Å². The van der Waals surface area contributed by atoms with Crippen molar-refractivity contribution < 1.29 is 4.79 Å². The SMILES string of the molecule is O=C1C[C@@H](c2ccccc2)c2scc(-c3ccccc3)c2N1. The predicted octanol–water partition coefficient (Wildman–Crippen LogP) is 4.89. The van der Waals surface area contributed by atoms with Gasteiger partial charge in [0.25, 0.3) is 0 Å². The molecule has 0 bridgehead atoms. The van der Waals surface area contributed by atoms with Crippen molar-refractivity contribution >= 4 is 22.9 Å². The molecular formula is C19H15NOS. The minimum absolute atomic E-state index is 0.0944. The summed E-state index contributed by atoms with van der Waals surface area (Å²) in [6.07, 6.45) is 0.520. The molecule has 0 saturated heterocycles. The van der Waals surface area contributed by atoms with E-state index >= 15 is 0 Å². The van der Waals surface area contributed by atoms with Crippen LogP contribution >= 0.6 is 11.3 Å². The first-order valence-electron chi connectivity index (χ1n) is 7.34. The number of nitrogens with one attached hydrogen (secondary N) is 1. The van der Waals surface area contributed by atoms with Crippen molar-refractivity contribution in [2.75, 3.05) is 5.32 Å². The number of benzene rings is 2. The Morgan fingerprint density at radius 1 is 0.955 bits per heavy atom. The van der Waals surface area contributed by atoms with Crippen LogP contribution in [-0.2, 0) is 4.79 Å². The van der Waals surface area contributed by atoms with Crippen LogP contribution in [0, 0.1) is 0 Å². The third-order valence-corrected chi connectivity index (χ3v) is 5.17. The Morgan fingerprint density at radius 2 is 1.64 bits per heavy atom. The first-order chi connectivity index (χ1) is 10.8. The van der Waals surface area contributed by atoms with E-state index in [1.807, 2.05) is 36.4 Å². The number of rotatable bonds is 2. The molecule has 1 aromatic heterocycles. The lowest BCUT2D eigenvalue weighted by atomic mass is 9.89. The van der Waals surface area contributed by atoms with Gasteiger partial charge in [0.1, 0.15) is 0 Å². The van der Waals surface area contributed by atoms with Crippen molar-refractivity contribution in [3.8, 4) is 11.1 Å². The normalized spacial score (nSPS) is 16.9. The molecule has 0 unspecified atom stereocenters. The number of amides is 1. The summed E-state index contributed by atoms with van der Waals surface area (Å²) < 4.78 is 0. The van der Waals surface area contributed by atoms with E-state index in [9.17, 15) is 4.79 Å². The van der Waals surface area contributed by atoms with Crippen molar-refractivity contribution in [2.24, 2.45) is 0 Å². The summed E-state index contributed by atoms with van der Waals surface area (Å²) in [6.45, 7) is 0. The molecule has 0 aliphatic carbocycles. The topological polar surface area (TPSA) is 29.1 Å². The second-order valence-corrected chi connectivity index (χ2v) is 6.38. The fourth-order valence-corrected chi connectivity index (χ4v) is 4.17. The smallest absolute Gasteiger partial charge is 0.225 e. The molecule has 1 atom stereocenters. The molecule has 0 saturated carbocycles. The van der Waals surface area contributed by atoms with Crippen LogP contribution in [0.25, 0.3) is 11.1 Å². The highest BCUT2D eigenvalue weighted by Crippen LogP contribution is 2.46. The third kappa shape index (κ3) is 2.24. The monoisotopic (exact) mass is 305 g/mol. The van der Waals surface area contributed by atoms with Gasteiger partial charge in [0.2, 0.25) is 5.91 Å². The summed E-state index contributed by atoms with van der Waals surface area (Å²) in [5.41, 5.74) is 4.46. The van der Waals surface area contributed by atoms with E-state index in [4.69, 9.17) is 0 Å². The second kappa shape index (κ2) is 5.43. The van der Waals surface area contributed by atoms with Crippen molar-refractivity contribution in [1.29, 1.82) is 0 Å². The van der Waals surface area contributed by atoms with Gasteiger partial charge < -0.3 is 5.32 Å². The van der Waals surface area contributed by atoms with E-state index in [1.54, 1.807) is 11.3 Å². The van der Waals surface area contributed by atoms with Gasteiger partial charge in [-0.1, -0.05) is 60.7 Å². The molecule has 1 N–H and O–H groups in total. The van der Waals surface area contributed by atoms with E-state index in [0.29, 0.717) is 6.42 Å². The maximum atomic E-state index is 12.2. The Bertz CT molecular complexity index is 808. The molecule has 0 radical (unpaired) electrons.